The smallest absolute Gasteiger partial charge is 0.322 e. The van der Waals surface area contributed by atoms with Gasteiger partial charge in [-0.3, -0.25) is 4.79 Å². The van der Waals surface area contributed by atoms with E-state index in [0.29, 0.717) is 13.0 Å². The molecule has 0 unspecified atom stereocenters. The van der Waals surface area contributed by atoms with Crippen molar-refractivity contribution in [1.82, 2.24) is 0 Å². The average molecular weight is 318 g/mol. The lowest BCUT2D eigenvalue weighted by molar-refractivity contribution is -0.146. The van der Waals surface area contributed by atoms with Gasteiger partial charge in [0.2, 0.25) is 0 Å². The molecule has 0 aliphatic carbocycles. The molecular weight excluding hydrogens is 299 g/mol. The number of ether oxygens (including phenoxy) is 1. The number of hydrogen-bond acceptors (Lipinski definition) is 5. The van der Waals surface area contributed by atoms with E-state index in [0.717, 1.165) is 12.8 Å². The first-order chi connectivity index (χ1) is 6.22. The van der Waals surface area contributed by atoms with E-state index >= 15 is 0 Å². The molecule has 0 bridgehead atoms. The second-order valence-electron chi connectivity index (χ2n) is 2.78. The fraction of sp³-hybridized carbons (Fsp3) is 0.875. The molecule has 0 heterocycles. The Hall–Kier alpha value is 0.0800. The van der Waals surface area contributed by atoms with Crippen molar-refractivity contribution in [3.8, 4) is 0 Å². The van der Waals surface area contributed by atoms with Crippen molar-refractivity contribution in [3.63, 3.8) is 0 Å². The van der Waals surface area contributed by atoms with Crippen molar-refractivity contribution < 1.29 is 14.6 Å². The Balaban J connectivity index is 0. The summed E-state index contributed by atoms with van der Waals surface area (Å²) >= 11 is 0. The number of nitrogens with two attached hydrogens (primary N) is 2. The van der Waals surface area contributed by atoms with Crippen LogP contribution in [0.25, 0.3) is 0 Å². The summed E-state index contributed by atoms with van der Waals surface area (Å²) in [6.07, 6.45) is 2.27. The molecule has 0 aromatic carbocycles. The zero-order chi connectivity index (χ0) is 10.1. The highest BCUT2D eigenvalue weighted by Crippen LogP contribution is 1.99. The molecule has 1 atom stereocenters. The fourth-order valence-electron chi connectivity index (χ4n) is 0.880. The van der Waals surface area contributed by atoms with Crippen LogP contribution in [0.1, 0.15) is 19.3 Å². The van der Waals surface area contributed by atoms with Crippen molar-refractivity contribution in [1.29, 1.82) is 0 Å². The Morgan fingerprint density at radius 3 is 2.57 bits per heavy atom. The highest BCUT2D eigenvalue weighted by atomic mass is 127. The number of unbranched alkanes of at least 4 members (excludes halogenated alkanes) is 1. The summed E-state index contributed by atoms with van der Waals surface area (Å²) in [7, 11) is 0. The van der Waals surface area contributed by atoms with Crippen LogP contribution in [0.5, 0.6) is 0 Å². The second-order valence-corrected chi connectivity index (χ2v) is 2.78. The van der Waals surface area contributed by atoms with E-state index in [-0.39, 0.29) is 37.2 Å². The maximum absolute atomic E-state index is 11.0. The lowest BCUT2D eigenvalue weighted by Gasteiger charge is -2.09. The largest absolute Gasteiger partial charge is 0.462 e. The normalized spacial score (nSPS) is 11.6. The maximum Gasteiger partial charge on any atom is 0.322 e. The Labute approximate surface area is 101 Å². The van der Waals surface area contributed by atoms with Gasteiger partial charge < -0.3 is 21.3 Å². The first-order valence-corrected chi connectivity index (χ1v) is 4.45. The third kappa shape index (κ3) is 8.67. The third-order valence-electron chi connectivity index (χ3n) is 1.61. The minimum atomic E-state index is -0.585. The minimum Gasteiger partial charge on any atom is -0.462 e. The van der Waals surface area contributed by atoms with Crippen LogP contribution >= 0.6 is 24.0 Å². The summed E-state index contributed by atoms with van der Waals surface area (Å²) in [6, 6.07) is -0.585. The zero-order valence-electron chi connectivity index (χ0n) is 8.15. The average Bonchev–Trinajstić information content (AvgIpc) is 2.14. The van der Waals surface area contributed by atoms with Crippen LogP contribution < -0.4 is 11.5 Å². The van der Waals surface area contributed by atoms with Gasteiger partial charge in [-0.2, -0.15) is 0 Å². The van der Waals surface area contributed by atoms with Gasteiger partial charge in [0.05, 0.1) is 6.61 Å². The van der Waals surface area contributed by atoms with Crippen LogP contribution in [-0.4, -0.2) is 36.9 Å². The van der Waals surface area contributed by atoms with Crippen molar-refractivity contribution in [3.05, 3.63) is 0 Å². The number of aliphatic hydroxyl groups excluding tert-OH is 1. The Kier molecular flexibility index (Phi) is 13.2. The molecule has 5 nitrogen and oxygen atoms in total. The molecule has 0 spiro atoms. The molecule has 0 aromatic heterocycles. The summed E-state index contributed by atoms with van der Waals surface area (Å²) in [5, 5.41) is 8.38. The van der Waals surface area contributed by atoms with E-state index in [9.17, 15) is 4.79 Å². The summed E-state index contributed by atoms with van der Waals surface area (Å²) in [4.78, 5) is 11.0. The molecule has 0 saturated carbocycles. The first-order valence-electron chi connectivity index (χ1n) is 4.45. The molecule has 5 N–H and O–H groups in total. The van der Waals surface area contributed by atoms with Crippen molar-refractivity contribution in [2.45, 2.75) is 25.3 Å². The molecule has 0 aromatic rings. The molecule has 0 fully saturated rings. The van der Waals surface area contributed by atoms with Crippen molar-refractivity contribution in [2.75, 3.05) is 19.8 Å². The minimum absolute atomic E-state index is 0. The predicted octanol–water partition coefficient (Wildman–Crippen LogP) is -0.404. The lowest BCUT2D eigenvalue weighted by atomic mass is 10.1. The standard InChI is InChI=1S/C8H18N2O3.HI/c9-4-2-1-3-7(10)8(12)13-6-5-11;/h7,11H,1-6,9-10H2;1H/t7-;/m0./s1. The van der Waals surface area contributed by atoms with Crippen molar-refractivity contribution in [2.24, 2.45) is 11.5 Å². The monoisotopic (exact) mass is 318 g/mol. The van der Waals surface area contributed by atoms with Crippen molar-refractivity contribution >= 4 is 29.9 Å². The van der Waals surface area contributed by atoms with Crippen LogP contribution in [0, 0.1) is 0 Å². The van der Waals surface area contributed by atoms with E-state index in [4.69, 9.17) is 16.6 Å². The lowest BCUT2D eigenvalue weighted by Crippen LogP contribution is -2.32. The number of hydrogen-bond donors (Lipinski definition) is 3. The number of carbonyl (C=O) groups is 1. The van der Waals surface area contributed by atoms with Gasteiger partial charge in [0.15, 0.2) is 0 Å². The van der Waals surface area contributed by atoms with Gasteiger partial charge in [0.1, 0.15) is 12.6 Å². The van der Waals surface area contributed by atoms with E-state index in [1.165, 1.54) is 0 Å². The van der Waals surface area contributed by atoms with E-state index in [2.05, 4.69) is 4.74 Å². The Morgan fingerprint density at radius 1 is 1.43 bits per heavy atom. The highest BCUT2D eigenvalue weighted by molar-refractivity contribution is 14.0. The summed E-state index contributed by atoms with van der Waals surface area (Å²) in [5.74, 6) is -0.453. The molecule has 0 aliphatic heterocycles. The van der Waals surface area contributed by atoms with Crippen LogP contribution in [0.2, 0.25) is 0 Å². The number of halogens is 1. The van der Waals surface area contributed by atoms with Gasteiger partial charge in [0, 0.05) is 0 Å². The molecule has 6 heteroatoms. The number of carbonyl (C=O) groups excluding carboxylic acids is 1. The first kappa shape index (κ1) is 16.5. The van der Waals surface area contributed by atoms with Gasteiger partial charge in [-0.25, -0.2) is 0 Å². The Bertz CT molecular complexity index is 147. The van der Waals surface area contributed by atoms with Crippen LogP contribution in [-0.2, 0) is 9.53 Å². The molecular formula is C8H19IN2O3. The summed E-state index contributed by atoms with van der Waals surface area (Å²) in [6.45, 7) is 0.461. The van der Waals surface area contributed by atoms with Gasteiger partial charge in [-0.1, -0.05) is 6.42 Å². The number of rotatable bonds is 7. The maximum atomic E-state index is 11.0. The van der Waals surface area contributed by atoms with Crippen LogP contribution in [0.15, 0.2) is 0 Å². The quantitative estimate of drug-likeness (QED) is 0.337. The zero-order valence-corrected chi connectivity index (χ0v) is 10.5. The van der Waals surface area contributed by atoms with E-state index in [1.54, 1.807) is 0 Å². The third-order valence-corrected chi connectivity index (χ3v) is 1.61. The van der Waals surface area contributed by atoms with Crippen LogP contribution in [0.4, 0.5) is 0 Å². The number of aliphatic hydroxyl groups is 1. The predicted molar refractivity (Wildman–Crippen MR) is 64.3 cm³/mol. The Morgan fingerprint density at radius 2 is 2.07 bits per heavy atom. The summed E-state index contributed by atoms with van der Waals surface area (Å²) in [5.41, 5.74) is 10.8. The van der Waals surface area contributed by atoms with E-state index in [1.807, 2.05) is 0 Å². The van der Waals surface area contributed by atoms with Gasteiger partial charge >= 0.3 is 5.97 Å². The molecule has 0 rings (SSSR count). The van der Waals surface area contributed by atoms with E-state index < -0.39 is 12.0 Å². The molecule has 0 saturated heterocycles. The molecule has 86 valence electrons. The number of esters is 1. The fourth-order valence-corrected chi connectivity index (χ4v) is 0.880. The van der Waals surface area contributed by atoms with Crippen LogP contribution in [0.3, 0.4) is 0 Å². The summed E-state index contributed by atoms with van der Waals surface area (Å²) < 4.78 is 4.64. The molecule has 0 aliphatic rings. The molecule has 0 amide bonds. The van der Waals surface area contributed by atoms with Gasteiger partial charge in [-0.05, 0) is 19.4 Å². The van der Waals surface area contributed by atoms with Gasteiger partial charge in [0.25, 0.3) is 0 Å². The SMILES string of the molecule is I.NCCCC[C@H](N)C(=O)OCCO. The van der Waals surface area contributed by atoms with Gasteiger partial charge in [-0.15, -0.1) is 24.0 Å². The second kappa shape index (κ2) is 11.2. The highest BCUT2D eigenvalue weighted by Gasteiger charge is 2.13. The molecule has 0 radical (unpaired) electrons. The molecule has 14 heavy (non-hydrogen) atoms. The topological polar surface area (TPSA) is 98.6 Å².